The molecular weight excluding hydrogens is 488 g/mol. The van der Waals surface area contributed by atoms with Gasteiger partial charge in [-0.3, -0.25) is 9.79 Å². The molecule has 7 nitrogen and oxygen atoms in total. The Hall–Kier alpha value is -4.10. The molecule has 7 heteroatoms. The van der Waals surface area contributed by atoms with E-state index in [1.165, 1.54) is 5.57 Å². The number of likely N-dealkylation sites (tertiary alicyclic amines) is 1. The van der Waals surface area contributed by atoms with Crippen LogP contribution in [0.4, 0.5) is 0 Å². The maximum Gasteiger partial charge on any atom is 0.223 e. The lowest BCUT2D eigenvalue weighted by Gasteiger charge is -2.38. The van der Waals surface area contributed by atoms with Gasteiger partial charge in [0.15, 0.2) is 5.78 Å². The van der Waals surface area contributed by atoms with Crippen LogP contribution in [-0.4, -0.2) is 53.8 Å². The minimum absolute atomic E-state index is 0.0173. The highest BCUT2D eigenvalue weighted by Crippen LogP contribution is 2.52. The van der Waals surface area contributed by atoms with Crippen LogP contribution < -0.4 is 0 Å². The number of carbonyl (C=O) groups excluding carboxylic acids is 1. The maximum absolute atomic E-state index is 13.7. The number of hydrogen-bond donors (Lipinski definition) is 0. The van der Waals surface area contributed by atoms with Gasteiger partial charge in [0.2, 0.25) is 11.7 Å². The Morgan fingerprint density at radius 1 is 1.03 bits per heavy atom. The van der Waals surface area contributed by atoms with Gasteiger partial charge < -0.3 is 14.2 Å². The fourth-order valence-corrected chi connectivity index (χ4v) is 6.28. The van der Waals surface area contributed by atoms with Gasteiger partial charge in [-0.25, -0.2) is 0 Å². The van der Waals surface area contributed by atoms with Crippen LogP contribution in [0.25, 0.3) is 22.5 Å². The van der Waals surface area contributed by atoms with E-state index in [0.717, 1.165) is 78.2 Å². The van der Waals surface area contributed by atoms with Gasteiger partial charge in [-0.05, 0) is 73.8 Å². The van der Waals surface area contributed by atoms with Crippen LogP contribution in [0.2, 0.25) is 0 Å². The lowest BCUT2D eigenvalue weighted by Crippen LogP contribution is -2.40. The summed E-state index contributed by atoms with van der Waals surface area (Å²) in [6.45, 7) is 6.73. The number of aliphatic imine (C=N–C) groups is 1. The van der Waals surface area contributed by atoms with E-state index in [9.17, 15) is 4.79 Å². The summed E-state index contributed by atoms with van der Waals surface area (Å²) in [4.78, 5) is 25.0. The third-order valence-electron chi connectivity index (χ3n) is 8.69. The monoisotopic (exact) mass is 518 g/mol. The van der Waals surface area contributed by atoms with Crippen molar-refractivity contribution in [3.05, 3.63) is 93.7 Å². The van der Waals surface area contributed by atoms with Gasteiger partial charge in [-0.2, -0.15) is 4.98 Å². The quantitative estimate of drug-likeness (QED) is 0.402. The molecule has 1 aliphatic carbocycles. The van der Waals surface area contributed by atoms with Crippen LogP contribution in [0.3, 0.4) is 0 Å². The second-order valence-corrected chi connectivity index (χ2v) is 11.1. The first-order valence-corrected chi connectivity index (χ1v) is 13.5. The topological polar surface area (TPSA) is 80.8 Å². The molecule has 1 fully saturated rings. The largest absolute Gasteiger partial charge is 0.493 e. The number of rotatable bonds is 4. The number of Topliss-reactive ketones (excluding diaryl/α,β-unsaturated/α-hetero) is 1. The van der Waals surface area contributed by atoms with Gasteiger partial charge in [-0.1, -0.05) is 41.6 Å². The van der Waals surface area contributed by atoms with Crippen molar-refractivity contribution in [1.82, 2.24) is 15.0 Å². The molecule has 4 heterocycles. The molecule has 1 spiro atoms. The lowest BCUT2D eigenvalue weighted by atomic mass is 9.70. The Morgan fingerprint density at radius 2 is 1.79 bits per heavy atom. The second kappa shape index (κ2) is 8.99. The summed E-state index contributed by atoms with van der Waals surface area (Å²) in [7, 11) is 2.18. The van der Waals surface area contributed by atoms with E-state index in [0.29, 0.717) is 22.9 Å². The second-order valence-electron chi connectivity index (χ2n) is 11.1. The molecule has 3 aromatic rings. The van der Waals surface area contributed by atoms with Crippen molar-refractivity contribution in [1.29, 1.82) is 0 Å². The molecule has 0 radical (unpaired) electrons. The molecule has 2 aromatic carbocycles. The first-order valence-electron chi connectivity index (χ1n) is 13.5. The molecule has 0 amide bonds. The first kappa shape index (κ1) is 24.0. The van der Waals surface area contributed by atoms with Crippen molar-refractivity contribution in [3.8, 4) is 22.5 Å². The van der Waals surface area contributed by atoms with Crippen molar-refractivity contribution in [2.45, 2.75) is 33.1 Å². The summed E-state index contributed by atoms with van der Waals surface area (Å²) in [5.74, 6) is 2.12. The van der Waals surface area contributed by atoms with Gasteiger partial charge in [0.25, 0.3) is 0 Å². The van der Waals surface area contributed by atoms with E-state index in [1.54, 1.807) is 13.1 Å². The Kier molecular flexibility index (Phi) is 5.52. The smallest absolute Gasteiger partial charge is 0.223 e. The third kappa shape index (κ3) is 4.00. The molecule has 1 aromatic heterocycles. The van der Waals surface area contributed by atoms with Crippen molar-refractivity contribution < 1.29 is 14.1 Å². The molecule has 7 rings (SSSR count). The highest BCUT2D eigenvalue weighted by Gasteiger charge is 2.46. The predicted octanol–water partition coefficient (Wildman–Crippen LogP) is 5.87. The van der Waals surface area contributed by atoms with Crippen molar-refractivity contribution in [2.75, 3.05) is 26.7 Å². The lowest BCUT2D eigenvalue weighted by molar-refractivity contribution is 0.0988. The maximum atomic E-state index is 13.7. The highest BCUT2D eigenvalue weighted by molar-refractivity contribution is 6.23. The number of hydrogen-bond acceptors (Lipinski definition) is 7. The SMILES string of the molecule is Cc1nc(-c2ccc(-c3ccc(C(=O)C4=C5CC6=C(C=C5N=C4)OCC64CCN(C)CC4)cc3)c(C)c2)no1. The molecule has 3 aliphatic heterocycles. The summed E-state index contributed by atoms with van der Waals surface area (Å²) in [5, 5.41) is 4.02. The number of benzene rings is 2. The summed E-state index contributed by atoms with van der Waals surface area (Å²) in [6.07, 6.45) is 6.72. The van der Waals surface area contributed by atoms with Gasteiger partial charge >= 0.3 is 0 Å². The van der Waals surface area contributed by atoms with Crippen LogP contribution >= 0.6 is 0 Å². The van der Waals surface area contributed by atoms with Crippen LogP contribution in [-0.2, 0) is 4.74 Å². The van der Waals surface area contributed by atoms with Crippen LogP contribution in [0, 0.1) is 19.3 Å². The van der Waals surface area contributed by atoms with E-state index in [1.807, 2.05) is 36.4 Å². The van der Waals surface area contributed by atoms with Crippen LogP contribution in [0.15, 0.2) is 86.2 Å². The molecule has 0 atom stereocenters. The van der Waals surface area contributed by atoms with Crippen LogP contribution in [0.1, 0.15) is 41.1 Å². The van der Waals surface area contributed by atoms with Crippen molar-refractivity contribution in [2.24, 2.45) is 10.4 Å². The fraction of sp³-hybridized carbons (Fsp3) is 0.312. The Balaban J connectivity index is 1.13. The zero-order valence-electron chi connectivity index (χ0n) is 22.5. The van der Waals surface area contributed by atoms with E-state index < -0.39 is 0 Å². The molecule has 39 heavy (non-hydrogen) atoms. The zero-order chi connectivity index (χ0) is 26.7. The molecule has 4 aliphatic rings. The van der Waals surface area contributed by atoms with E-state index in [-0.39, 0.29) is 11.2 Å². The van der Waals surface area contributed by atoms with Gasteiger partial charge in [0, 0.05) is 47.8 Å². The number of aromatic nitrogens is 2. The van der Waals surface area contributed by atoms with Crippen molar-refractivity contribution >= 4 is 12.0 Å². The standard InChI is InChI=1S/C32H30N4O3/c1-19-14-23(31-34-20(2)39-35-31)8-9-24(19)21-4-6-22(7-5-21)30(37)26-17-33-28-16-29-27(15-25(26)28)32(18-38-29)10-12-36(3)13-11-32/h4-9,14,16-17H,10-13,15,18H2,1-3H3. The summed E-state index contributed by atoms with van der Waals surface area (Å²) in [6, 6.07) is 14.0. The van der Waals surface area contributed by atoms with E-state index in [2.05, 4.69) is 46.1 Å². The molecule has 0 saturated carbocycles. The molecule has 0 N–H and O–H groups in total. The van der Waals surface area contributed by atoms with Crippen molar-refractivity contribution in [3.63, 3.8) is 0 Å². The normalized spacial score (nSPS) is 19.8. The number of nitrogens with zero attached hydrogens (tertiary/aromatic N) is 4. The molecular formula is C32H30N4O3. The molecule has 0 unspecified atom stereocenters. The van der Waals surface area contributed by atoms with Gasteiger partial charge in [-0.15, -0.1) is 0 Å². The van der Waals surface area contributed by atoms with Gasteiger partial charge in [0.05, 0.1) is 12.3 Å². The average molecular weight is 519 g/mol. The highest BCUT2D eigenvalue weighted by atomic mass is 16.5. The average Bonchev–Trinajstić information content (AvgIpc) is 3.66. The molecule has 1 saturated heterocycles. The summed E-state index contributed by atoms with van der Waals surface area (Å²) >= 11 is 0. The molecule has 196 valence electrons. The van der Waals surface area contributed by atoms with Gasteiger partial charge in [0.1, 0.15) is 5.76 Å². The fourth-order valence-electron chi connectivity index (χ4n) is 6.28. The number of allylic oxidation sites excluding steroid dienone is 3. The third-order valence-corrected chi connectivity index (χ3v) is 8.69. The first-order chi connectivity index (χ1) is 18.9. The molecule has 0 bridgehead atoms. The Labute approximate surface area is 227 Å². The number of carbonyl (C=O) groups is 1. The number of aryl methyl sites for hydroxylation is 2. The number of fused-ring (bicyclic) bond motifs is 2. The van der Waals surface area contributed by atoms with Crippen LogP contribution in [0.5, 0.6) is 0 Å². The minimum atomic E-state index is 0.0173. The Morgan fingerprint density at radius 3 is 2.51 bits per heavy atom. The predicted molar refractivity (Wildman–Crippen MR) is 149 cm³/mol. The number of ketones is 1. The van der Waals surface area contributed by atoms with E-state index >= 15 is 0 Å². The zero-order valence-corrected chi connectivity index (χ0v) is 22.5. The summed E-state index contributed by atoms with van der Waals surface area (Å²) in [5.41, 5.74) is 8.89. The Bertz CT molecular complexity index is 1630. The van der Waals surface area contributed by atoms with E-state index in [4.69, 9.17) is 9.26 Å². The summed E-state index contributed by atoms with van der Waals surface area (Å²) < 4.78 is 11.3. The minimum Gasteiger partial charge on any atom is -0.493 e. The number of ether oxygens (including phenoxy) is 1. The number of piperidine rings is 1.